The van der Waals surface area contributed by atoms with E-state index >= 15 is 0 Å². The summed E-state index contributed by atoms with van der Waals surface area (Å²) < 4.78 is 1.77. The highest BCUT2D eigenvalue weighted by Crippen LogP contribution is 2.07. The number of hydrogen-bond donors (Lipinski definition) is 2. The molecule has 6 nitrogen and oxygen atoms in total. The highest BCUT2D eigenvalue weighted by Gasteiger charge is 2.13. The summed E-state index contributed by atoms with van der Waals surface area (Å²) in [6.07, 6.45) is 3.83. The standard InChI is InChI=1S/C21H22N4O2/c1-16(24-21(27)18-8-4-2-5-9-18)12-20(26)22-13-17-14-23-25(15-17)19-10-6-3-7-11-19/h2-11,14-16H,12-13H2,1H3,(H,22,26)(H,24,27). The molecule has 0 spiro atoms. The number of para-hydroxylation sites is 1. The van der Waals surface area contributed by atoms with Crippen LogP contribution in [-0.4, -0.2) is 27.6 Å². The Morgan fingerprint density at radius 3 is 2.41 bits per heavy atom. The first-order valence-electron chi connectivity index (χ1n) is 8.83. The Labute approximate surface area is 158 Å². The Kier molecular flexibility index (Phi) is 5.99. The molecule has 0 bridgehead atoms. The van der Waals surface area contributed by atoms with E-state index in [2.05, 4.69) is 15.7 Å². The van der Waals surface area contributed by atoms with Gasteiger partial charge in [0.1, 0.15) is 0 Å². The molecule has 0 saturated heterocycles. The van der Waals surface area contributed by atoms with Crippen LogP contribution in [0, 0.1) is 0 Å². The number of rotatable bonds is 7. The van der Waals surface area contributed by atoms with Gasteiger partial charge in [-0.25, -0.2) is 4.68 Å². The predicted molar refractivity (Wildman–Crippen MR) is 103 cm³/mol. The van der Waals surface area contributed by atoms with Crippen LogP contribution in [0.4, 0.5) is 0 Å². The maximum atomic E-state index is 12.1. The molecule has 3 aromatic rings. The summed E-state index contributed by atoms with van der Waals surface area (Å²) in [4.78, 5) is 24.2. The molecule has 0 aliphatic heterocycles. The minimum atomic E-state index is -0.259. The van der Waals surface area contributed by atoms with Gasteiger partial charge < -0.3 is 10.6 Å². The molecule has 0 saturated carbocycles. The topological polar surface area (TPSA) is 76.0 Å². The van der Waals surface area contributed by atoms with Gasteiger partial charge in [-0.3, -0.25) is 9.59 Å². The summed E-state index contributed by atoms with van der Waals surface area (Å²) in [5, 5.41) is 10.0. The molecular weight excluding hydrogens is 340 g/mol. The van der Waals surface area contributed by atoms with Crippen LogP contribution in [0.5, 0.6) is 0 Å². The van der Waals surface area contributed by atoms with Crippen molar-refractivity contribution < 1.29 is 9.59 Å². The molecule has 2 N–H and O–H groups in total. The SMILES string of the molecule is CC(CC(=O)NCc1cnn(-c2ccccc2)c1)NC(=O)c1ccccc1. The van der Waals surface area contributed by atoms with Gasteiger partial charge in [-0.1, -0.05) is 36.4 Å². The van der Waals surface area contributed by atoms with E-state index in [0.29, 0.717) is 12.1 Å². The fourth-order valence-electron chi connectivity index (χ4n) is 2.67. The van der Waals surface area contributed by atoms with Gasteiger partial charge in [0.25, 0.3) is 5.91 Å². The van der Waals surface area contributed by atoms with Crippen LogP contribution in [0.2, 0.25) is 0 Å². The number of aromatic nitrogens is 2. The molecule has 1 aromatic heterocycles. The van der Waals surface area contributed by atoms with E-state index in [9.17, 15) is 9.59 Å². The Balaban J connectivity index is 1.46. The van der Waals surface area contributed by atoms with Crippen molar-refractivity contribution >= 4 is 11.8 Å². The molecule has 1 atom stereocenters. The second-order valence-electron chi connectivity index (χ2n) is 6.35. The fraction of sp³-hybridized carbons (Fsp3) is 0.190. The smallest absolute Gasteiger partial charge is 0.251 e. The van der Waals surface area contributed by atoms with E-state index in [-0.39, 0.29) is 24.3 Å². The van der Waals surface area contributed by atoms with E-state index in [1.165, 1.54) is 0 Å². The molecule has 2 aromatic carbocycles. The Morgan fingerprint density at radius 2 is 1.70 bits per heavy atom. The van der Waals surface area contributed by atoms with E-state index in [4.69, 9.17) is 0 Å². The molecule has 2 amide bonds. The highest BCUT2D eigenvalue weighted by atomic mass is 16.2. The monoisotopic (exact) mass is 362 g/mol. The zero-order valence-corrected chi connectivity index (χ0v) is 15.1. The van der Waals surface area contributed by atoms with Crippen molar-refractivity contribution in [3.8, 4) is 5.69 Å². The van der Waals surface area contributed by atoms with Crippen molar-refractivity contribution in [1.29, 1.82) is 0 Å². The second kappa shape index (κ2) is 8.80. The van der Waals surface area contributed by atoms with Gasteiger partial charge >= 0.3 is 0 Å². The molecule has 6 heteroatoms. The van der Waals surface area contributed by atoms with Gasteiger partial charge in [-0.2, -0.15) is 5.10 Å². The molecule has 1 unspecified atom stereocenters. The van der Waals surface area contributed by atoms with E-state index < -0.39 is 0 Å². The summed E-state index contributed by atoms with van der Waals surface area (Å²) in [6.45, 7) is 2.21. The summed E-state index contributed by atoms with van der Waals surface area (Å²) in [5.74, 6) is -0.302. The Morgan fingerprint density at radius 1 is 1.04 bits per heavy atom. The van der Waals surface area contributed by atoms with Crippen LogP contribution in [0.3, 0.4) is 0 Å². The molecule has 27 heavy (non-hydrogen) atoms. The summed E-state index contributed by atoms with van der Waals surface area (Å²) in [6, 6.07) is 18.5. The molecule has 1 heterocycles. The zero-order valence-electron chi connectivity index (χ0n) is 15.1. The van der Waals surface area contributed by atoms with Crippen LogP contribution in [0.1, 0.15) is 29.3 Å². The average molecular weight is 362 g/mol. The first-order chi connectivity index (χ1) is 13.1. The quantitative estimate of drug-likeness (QED) is 0.678. The van der Waals surface area contributed by atoms with Gasteiger partial charge in [-0.05, 0) is 31.2 Å². The van der Waals surface area contributed by atoms with Crippen molar-refractivity contribution in [2.45, 2.75) is 25.9 Å². The second-order valence-corrected chi connectivity index (χ2v) is 6.35. The van der Waals surface area contributed by atoms with Crippen molar-refractivity contribution in [3.05, 3.63) is 84.2 Å². The number of benzene rings is 2. The first-order valence-corrected chi connectivity index (χ1v) is 8.83. The van der Waals surface area contributed by atoms with Crippen LogP contribution in [-0.2, 0) is 11.3 Å². The number of nitrogens with zero attached hydrogens (tertiary/aromatic N) is 2. The zero-order chi connectivity index (χ0) is 19.1. The lowest BCUT2D eigenvalue weighted by molar-refractivity contribution is -0.121. The number of amides is 2. The van der Waals surface area contributed by atoms with Crippen molar-refractivity contribution in [2.24, 2.45) is 0 Å². The number of carbonyl (C=O) groups is 2. The molecule has 0 aliphatic rings. The summed E-state index contributed by atoms with van der Waals surface area (Å²) >= 11 is 0. The minimum absolute atomic E-state index is 0.122. The van der Waals surface area contributed by atoms with E-state index in [1.54, 1.807) is 23.0 Å². The highest BCUT2D eigenvalue weighted by molar-refractivity contribution is 5.94. The van der Waals surface area contributed by atoms with Crippen LogP contribution >= 0.6 is 0 Å². The van der Waals surface area contributed by atoms with Crippen LogP contribution in [0.15, 0.2) is 73.1 Å². The van der Waals surface area contributed by atoms with Gasteiger partial charge in [0, 0.05) is 36.3 Å². The molecular formula is C21H22N4O2. The third-order valence-electron chi connectivity index (χ3n) is 4.05. The average Bonchev–Trinajstić information content (AvgIpc) is 3.17. The third kappa shape index (κ3) is 5.28. The number of nitrogens with one attached hydrogen (secondary N) is 2. The predicted octanol–water partition coefficient (Wildman–Crippen LogP) is 2.70. The van der Waals surface area contributed by atoms with Gasteiger partial charge in [-0.15, -0.1) is 0 Å². The van der Waals surface area contributed by atoms with Gasteiger partial charge in [0.15, 0.2) is 0 Å². The van der Waals surface area contributed by atoms with Crippen molar-refractivity contribution in [1.82, 2.24) is 20.4 Å². The third-order valence-corrected chi connectivity index (χ3v) is 4.05. The molecule has 138 valence electrons. The van der Waals surface area contributed by atoms with Crippen LogP contribution in [0.25, 0.3) is 5.69 Å². The van der Waals surface area contributed by atoms with Crippen molar-refractivity contribution in [2.75, 3.05) is 0 Å². The summed E-state index contributed by atoms with van der Waals surface area (Å²) in [5.41, 5.74) is 2.46. The maximum Gasteiger partial charge on any atom is 0.251 e. The van der Waals surface area contributed by atoms with E-state index in [0.717, 1.165) is 11.3 Å². The lowest BCUT2D eigenvalue weighted by atomic mass is 10.1. The summed E-state index contributed by atoms with van der Waals surface area (Å²) in [7, 11) is 0. The molecule has 0 aliphatic carbocycles. The van der Waals surface area contributed by atoms with Crippen molar-refractivity contribution in [3.63, 3.8) is 0 Å². The fourth-order valence-corrected chi connectivity index (χ4v) is 2.67. The maximum absolute atomic E-state index is 12.1. The lowest BCUT2D eigenvalue weighted by Crippen LogP contribution is -2.37. The molecule has 0 fully saturated rings. The van der Waals surface area contributed by atoms with Crippen LogP contribution < -0.4 is 10.6 Å². The Hall–Kier alpha value is -3.41. The number of carbonyl (C=O) groups excluding carboxylic acids is 2. The van der Waals surface area contributed by atoms with Gasteiger partial charge in [0.2, 0.25) is 5.91 Å². The largest absolute Gasteiger partial charge is 0.352 e. The van der Waals surface area contributed by atoms with Gasteiger partial charge in [0.05, 0.1) is 11.9 Å². The number of hydrogen-bond acceptors (Lipinski definition) is 3. The minimum Gasteiger partial charge on any atom is -0.352 e. The Bertz CT molecular complexity index is 891. The molecule has 3 rings (SSSR count). The van der Waals surface area contributed by atoms with E-state index in [1.807, 2.05) is 61.7 Å². The lowest BCUT2D eigenvalue weighted by Gasteiger charge is -2.13. The first kappa shape index (κ1) is 18.4. The molecule has 0 radical (unpaired) electrons. The normalized spacial score (nSPS) is 11.6.